The molecule has 8 heteroatoms. The maximum absolute atomic E-state index is 14.6. The maximum Gasteiger partial charge on any atom is 0.412 e. The van der Waals surface area contributed by atoms with Crippen molar-refractivity contribution in [1.29, 1.82) is 0 Å². The number of rotatable bonds is 5. The van der Waals surface area contributed by atoms with E-state index in [-0.39, 0.29) is 22.0 Å². The number of benzene rings is 2. The molecule has 2 rings (SSSR count). The van der Waals surface area contributed by atoms with E-state index in [0.29, 0.717) is 11.3 Å². The summed E-state index contributed by atoms with van der Waals surface area (Å²) >= 11 is 5.98. The minimum atomic E-state index is -1.36. The molecule has 2 N–H and O–H groups in total. The highest BCUT2D eigenvalue weighted by Crippen LogP contribution is 2.40. The van der Waals surface area contributed by atoms with Crippen molar-refractivity contribution in [3.05, 3.63) is 52.3 Å². The van der Waals surface area contributed by atoms with Crippen LogP contribution in [0.3, 0.4) is 0 Å². The normalized spacial score (nSPS) is 12.3. The van der Waals surface area contributed by atoms with Gasteiger partial charge in [-0.15, -0.1) is 0 Å². The predicted molar refractivity (Wildman–Crippen MR) is 105 cm³/mol. The van der Waals surface area contributed by atoms with Gasteiger partial charge in [-0.1, -0.05) is 23.7 Å². The van der Waals surface area contributed by atoms with Crippen LogP contribution in [0.15, 0.2) is 30.3 Å². The Kier molecular flexibility index (Phi) is 6.74. The van der Waals surface area contributed by atoms with Crippen LogP contribution < -0.4 is 14.8 Å². The first-order chi connectivity index (χ1) is 13.1. The topological polar surface area (TPSA) is 77.0 Å². The van der Waals surface area contributed by atoms with Gasteiger partial charge in [0.15, 0.2) is 11.5 Å². The van der Waals surface area contributed by atoms with Crippen LogP contribution in [0.5, 0.6) is 11.5 Å². The van der Waals surface area contributed by atoms with Crippen LogP contribution in [0.1, 0.15) is 38.0 Å². The first-order valence-electron chi connectivity index (χ1n) is 8.45. The van der Waals surface area contributed by atoms with E-state index in [1.54, 1.807) is 39.0 Å². The number of methoxy groups -OCH3 is 2. The van der Waals surface area contributed by atoms with Gasteiger partial charge in [0.2, 0.25) is 0 Å². The number of carbonyl (C=O) groups is 1. The Bertz CT molecular complexity index is 866. The van der Waals surface area contributed by atoms with Gasteiger partial charge in [0, 0.05) is 16.1 Å². The van der Waals surface area contributed by atoms with Crippen molar-refractivity contribution in [2.75, 3.05) is 19.5 Å². The van der Waals surface area contributed by atoms with Gasteiger partial charge < -0.3 is 19.3 Å². The summed E-state index contributed by atoms with van der Waals surface area (Å²) in [6.45, 7) is 5.05. The zero-order valence-corrected chi connectivity index (χ0v) is 17.1. The third-order valence-electron chi connectivity index (χ3n) is 3.73. The molecule has 1 unspecified atom stereocenters. The number of anilines is 1. The highest BCUT2D eigenvalue weighted by molar-refractivity contribution is 6.30. The molecule has 0 aliphatic heterocycles. The number of ether oxygens (including phenoxy) is 3. The summed E-state index contributed by atoms with van der Waals surface area (Å²) in [4.78, 5) is 12.1. The number of para-hydroxylation sites is 1. The average Bonchev–Trinajstić information content (AvgIpc) is 2.60. The van der Waals surface area contributed by atoms with E-state index >= 15 is 0 Å². The molecule has 0 fully saturated rings. The molecule has 1 amide bonds. The zero-order valence-electron chi connectivity index (χ0n) is 16.3. The average molecular weight is 412 g/mol. The second-order valence-corrected chi connectivity index (χ2v) is 7.40. The van der Waals surface area contributed by atoms with Gasteiger partial charge in [0.05, 0.1) is 19.9 Å². The molecule has 0 bridgehead atoms. The number of amides is 1. The number of halogens is 2. The molecular weight excluding hydrogens is 389 g/mol. The van der Waals surface area contributed by atoms with E-state index in [2.05, 4.69) is 5.32 Å². The lowest BCUT2D eigenvalue weighted by Crippen LogP contribution is -2.28. The van der Waals surface area contributed by atoms with Crippen LogP contribution in [0, 0.1) is 5.82 Å². The monoisotopic (exact) mass is 411 g/mol. The summed E-state index contributed by atoms with van der Waals surface area (Å²) in [5, 5.41) is 13.4. The Balaban J connectivity index is 2.52. The fourth-order valence-corrected chi connectivity index (χ4v) is 2.85. The lowest BCUT2D eigenvalue weighted by molar-refractivity contribution is 0.0634. The van der Waals surface area contributed by atoms with Gasteiger partial charge in [-0.2, -0.15) is 0 Å². The number of nitrogens with one attached hydrogen (secondary N) is 1. The molecule has 0 aromatic heterocycles. The smallest absolute Gasteiger partial charge is 0.412 e. The van der Waals surface area contributed by atoms with Gasteiger partial charge >= 0.3 is 6.09 Å². The van der Waals surface area contributed by atoms with E-state index in [9.17, 15) is 14.3 Å². The van der Waals surface area contributed by atoms with E-state index < -0.39 is 23.6 Å². The van der Waals surface area contributed by atoms with Crippen molar-refractivity contribution in [1.82, 2.24) is 0 Å². The van der Waals surface area contributed by atoms with Crippen LogP contribution in [0.2, 0.25) is 5.02 Å². The largest absolute Gasteiger partial charge is 0.493 e. The van der Waals surface area contributed by atoms with Crippen molar-refractivity contribution in [3.8, 4) is 11.5 Å². The molecule has 0 spiro atoms. The van der Waals surface area contributed by atoms with Crippen molar-refractivity contribution in [3.63, 3.8) is 0 Å². The first-order valence-corrected chi connectivity index (χ1v) is 8.83. The molecule has 0 aliphatic carbocycles. The number of hydrogen-bond acceptors (Lipinski definition) is 5. The van der Waals surface area contributed by atoms with E-state index in [1.165, 1.54) is 20.3 Å². The Morgan fingerprint density at radius 3 is 2.43 bits per heavy atom. The van der Waals surface area contributed by atoms with Crippen molar-refractivity contribution >= 4 is 23.4 Å². The number of aliphatic hydroxyl groups excluding tert-OH is 1. The second kappa shape index (κ2) is 8.67. The van der Waals surface area contributed by atoms with Crippen LogP contribution >= 0.6 is 11.6 Å². The van der Waals surface area contributed by atoms with Gasteiger partial charge in [-0.05, 0) is 39.0 Å². The summed E-state index contributed by atoms with van der Waals surface area (Å²) in [5.41, 5.74) is -0.656. The first kappa shape index (κ1) is 21.8. The third-order valence-corrected chi connectivity index (χ3v) is 3.95. The van der Waals surface area contributed by atoms with Crippen LogP contribution in [-0.2, 0) is 4.74 Å². The summed E-state index contributed by atoms with van der Waals surface area (Å²) in [5.74, 6) is -0.140. The lowest BCUT2D eigenvalue weighted by atomic mass is 9.98. The van der Waals surface area contributed by atoms with Crippen molar-refractivity contribution in [2.24, 2.45) is 0 Å². The summed E-state index contributed by atoms with van der Waals surface area (Å²) in [7, 11) is 2.88. The van der Waals surface area contributed by atoms with E-state index in [1.807, 2.05) is 0 Å². The highest BCUT2D eigenvalue weighted by Gasteiger charge is 2.26. The fraction of sp³-hybridized carbons (Fsp3) is 0.350. The Labute approximate surface area is 168 Å². The maximum atomic E-state index is 14.6. The zero-order chi connectivity index (χ0) is 21.1. The Morgan fingerprint density at radius 1 is 1.18 bits per heavy atom. The Hall–Kier alpha value is -2.51. The summed E-state index contributed by atoms with van der Waals surface area (Å²) in [6, 6.07) is 7.31. The lowest BCUT2D eigenvalue weighted by Gasteiger charge is -2.23. The van der Waals surface area contributed by atoms with Gasteiger partial charge in [0.25, 0.3) is 0 Å². The molecule has 0 saturated heterocycles. The molecule has 1 atom stereocenters. The highest BCUT2D eigenvalue weighted by atomic mass is 35.5. The number of carbonyl (C=O) groups excluding carboxylic acids is 1. The molecule has 2 aromatic carbocycles. The minimum absolute atomic E-state index is 0.0439. The molecule has 6 nitrogen and oxygen atoms in total. The molecule has 0 saturated carbocycles. The van der Waals surface area contributed by atoms with Gasteiger partial charge in [-0.25, -0.2) is 9.18 Å². The van der Waals surface area contributed by atoms with Crippen LogP contribution in [0.4, 0.5) is 14.9 Å². The van der Waals surface area contributed by atoms with Crippen LogP contribution in [-0.4, -0.2) is 31.0 Å². The third kappa shape index (κ3) is 5.05. The Morgan fingerprint density at radius 2 is 1.86 bits per heavy atom. The fourth-order valence-electron chi connectivity index (χ4n) is 2.64. The number of hydrogen-bond donors (Lipinski definition) is 2. The van der Waals surface area contributed by atoms with Gasteiger partial charge in [0.1, 0.15) is 17.5 Å². The minimum Gasteiger partial charge on any atom is -0.493 e. The molecule has 28 heavy (non-hydrogen) atoms. The predicted octanol–water partition coefficient (Wildman–Crippen LogP) is 4.93. The summed E-state index contributed by atoms with van der Waals surface area (Å²) < 4.78 is 30.3. The van der Waals surface area contributed by atoms with Crippen molar-refractivity contribution < 1.29 is 28.5 Å². The standard InChI is InChI=1S/C20H23ClFNO5/c1-20(2,3)28-19(25)23-16-13(9-11(21)10-14(16)22)17(24)12-7-6-8-15(26-4)18(12)27-5/h6-10,17,24H,1-5H3,(H,23,25). The van der Waals surface area contributed by atoms with Crippen molar-refractivity contribution in [2.45, 2.75) is 32.5 Å². The SMILES string of the molecule is COc1cccc(C(O)c2cc(Cl)cc(F)c2NC(=O)OC(C)(C)C)c1OC. The van der Waals surface area contributed by atoms with Gasteiger partial charge in [-0.3, -0.25) is 5.32 Å². The second-order valence-electron chi connectivity index (χ2n) is 6.96. The summed E-state index contributed by atoms with van der Waals surface area (Å²) in [6.07, 6.45) is -2.22. The molecule has 0 aliphatic rings. The van der Waals surface area contributed by atoms with E-state index in [0.717, 1.165) is 6.07 Å². The molecule has 152 valence electrons. The number of aliphatic hydroxyl groups is 1. The quantitative estimate of drug-likeness (QED) is 0.729. The molecular formula is C20H23ClFNO5. The molecule has 2 aromatic rings. The van der Waals surface area contributed by atoms with Crippen LogP contribution in [0.25, 0.3) is 0 Å². The molecule has 0 radical (unpaired) electrons. The van der Waals surface area contributed by atoms with E-state index in [4.69, 9.17) is 25.8 Å². The molecule has 0 heterocycles.